The molecule has 1 N–H and O–H groups in total. The van der Waals surface area contributed by atoms with Gasteiger partial charge in [-0.3, -0.25) is 4.79 Å². The minimum Gasteiger partial charge on any atom is -0.350 e. The van der Waals surface area contributed by atoms with Gasteiger partial charge in [-0.1, -0.05) is 30.7 Å². The summed E-state index contributed by atoms with van der Waals surface area (Å²) >= 11 is 0. The molecule has 1 aliphatic rings. The minimum absolute atomic E-state index is 0.0843. The van der Waals surface area contributed by atoms with Crippen LogP contribution in [-0.4, -0.2) is 6.29 Å². The number of nitrogens with one attached hydrogen (secondary N) is 1. The fourth-order valence-electron chi connectivity index (χ4n) is 3.88. The molecule has 0 atom stereocenters. The number of hydrogen-bond acceptors (Lipinski definition) is 2. The molecule has 0 aliphatic heterocycles. The van der Waals surface area contributed by atoms with E-state index in [-0.39, 0.29) is 34.7 Å². The highest BCUT2D eigenvalue weighted by Crippen LogP contribution is 2.38. The lowest BCUT2D eigenvalue weighted by molar-refractivity contribution is 0.112. The molecular formula is C25H21F4NO. The molecule has 0 heterocycles. The molecular weight excluding hydrogens is 406 g/mol. The smallest absolute Gasteiger partial charge is 0.183 e. The quantitative estimate of drug-likeness (QED) is 0.340. The number of anilines is 2. The summed E-state index contributed by atoms with van der Waals surface area (Å²) in [6.45, 7) is 1.69. The average Bonchev–Trinajstić information content (AvgIpc) is 2.70. The van der Waals surface area contributed by atoms with Crippen molar-refractivity contribution in [1.29, 1.82) is 0 Å². The van der Waals surface area contributed by atoms with Gasteiger partial charge in [-0.2, -0.15) is 0 Å². The van der Waals surface area contributed by atoms with Gasteiger partial charge in [0.05, 0.1) is 11.4 Å². The van der Waals surface area contributed by atoms with Crippen LogP contribution in [0.15, 0.2) is 42.5 Å². The fourth-order valence-corrected chi connectivity index (χ4v) is 3.88. The molecule has 0 radical (unpaired) electrons. The van der Waals surface area contributed by atoms with E-state index in [2.05, 4.69) is 5.32 Å². The first-order valence-corrected chi connectivity index (χ1v) is 10.2. The Hall–Kier alpha value is -3.15. The molecule has 0 saturated heterocycles. The third kappa shape index (κ3) is 4.07. The molecule has 0 aromatic heterocycles. The van der Waals surface area contributed by atoms with E-state index in [1.54, 1.807) is 25.1 Å². The summed E-state index contributed by atoms with van der Waals surface area (Å²) in [7, 11) is 0. The highest BCUT2D eigenvalue weighted by molar-refractivity contribution is 5.87. The van der Waals surface area contributed by atoms with Crippen LogP contribution >= 0.6 is 0 Å². The normalized spacial score (nSPS) is 13.7. The third-order valence-electron chi connectivity index (χ3n) is 5.86. The number of benzene rings is 3. The van der Waals surface area contributed by atoms with Crippen molar-refractivity contribution in [3.63, 3.8) is 0 Å². The van der Waals surface area contributed by atoms with Crippen molar-refractivity contribution < 1.29 is 22.4 Å². The predicted octanol–water partition coefficient (Wildman–Crippen LogP) is 6.97. The standard InChI is InChI=1S/C25H21F4NO/c1-14-8-9-21(20(26)10-14)30-25-18(13-31)12-17(23(28)24(25)29)11-16-6-3-7-19(22(16)27)15-4-2-5-15/h3,6-10,12-13,15,30H,2,4-5,11H2,1H3. The average molecular weight is 427 g/mol. The number of carbonyl (C=O) groups is 1. The second-order valence-corrected chi connectivity index (χ2v) is 7.98. The first-order chi connectivity index (χ1) is 14.9. The Bertz CT molecular complexity index is 1150. The molecule has 6 heteroatoms. The SMILES string of the molecule is Cc1ccc(Nc2c(C=O)cc(Cc3cccc(C4CCC4)c3F)c(F)c2F)c(F)c1. The molecule has 0 unspecified atom stereocenters. The molecule has 0 amide bonds. The summed E-state index contributed by atoms with van der Waals surface area (Å²) in [5.74, 6) is -3.42. The predicted molar refractivity (Wildman–Crippen MR) is 112 cm³/mol. The zero-order valence-corrected chi connectivity index (χ0v) is 16.9. The van der Waals surface area contributed by atoms with Gasteiger partial charge in [-0.15, -0.1) is 0 Å². The van der Waals surface area contributed by atoms with Crippen molar-refractivity contribution in [3.8, 4) is 0 Å². The van der Waals surface area contributed by atoms with Crippen LogP contribution in [0, 0.1) is 30.2 Å². The van der Waals surface area contributed by atoms with E-state index in [1.807, 2.05) is 0 Å². The maximum absolute atomic E-state index is 14.9. The number of rotatable bonds is 6. The third-order valence-corrected chi connectivity index (χ3v) is 5.86. The Kier molecular flexibility index (Phi) is 5.81. The van der Waals surface area contributed by atoms with Crippen LogP contribution in [0.3, 0.4) is 0 Å². The fraction of sp³-hybridized carbons (Fsp3) is 0.240. The second-order valence-electron chi connectivity index (χ2n) is 7.98. The van der Waals surface area contributed by atoms with Crippen molar-refractivity contribution in [2.75, 3.05) is 5.32 Å². The molecule has 1 aliphatic carbocycles. The van der Waals surface area contributed by atoms with Crippen molar-refractivity contribution >= 4 is 17.7 Å². The lowest BCUT2D eigenvalue weighted by atomic mass is 9.79. The van der Waals surface area contributed by atoms with Gasteiger partial charge in [-0.25, -0.2) is 17.6 Å². The molecule has 1 saturated carbocycles. The van der Waals surface area contributed by atoms with E-state index in [9.17, 15) is 22.4 Å². The maximum Gasteiger partial charge on any atom is 0.183 e. The highest BCUT2D eigenvalue weighted by Gasteiger charge is 2.25. The van der Waals surface area contributed by atoms with Crippen molar-refractivity contribution in [2.45, 2.75) is 38.5 Å². The molecule has 2 nitrogen and oxygen atoms in total. The molecule has 4 rings (SSSR count). The number of halogens is 4. The van der Waals surface area contributed by atoms with Gasteiger partial charge < -0.3 is 5.32 Å². The van der Waals surface area contributed by atoms with Crippen LogP contribution in [0.2, 0.25) is 0 Å². The Balaban J connectivity index is 1.69. The second kappa shape index (κ2) is 8.53. The summed E-state index contributed by atoms with van der Waals surface area (Å²) in [5.41, 5.74) is 0.635. The number of hydrogen-bond donors (Lipinski definition) is 1. The largest absolute Gasteiger partial charge is 0.350 e. The van der Waals surface area contributed by atoms with E-state index in [0.29, 0.717) is 17.4 Å². The number of aryl methyl sites for hydroxylation is 1. The summed E-state index contributed by atoms with van der Waals surface area (Å²) in [6.07, 6.45) is 3.03. The summed E-state index contributed by atoms with van der Waals surface area (Å²) in [5, 5.41) is 2.47. The Morgan fingerprint density at radius 1 is 0.968 bits per heavy atom. The van der Waals surface area contributed by atoms with E-state index in [0.717, 1.165) is 19.3 Å². The zero-order chi connectivity index (χ0) is 22.1. The Labute approximate surface area is 177 Å². The van der Waals surface area contributed by atoms with Gasteiger partial charge in [0, 0.05) is 12.0 Å². The van der Waals surface area contributed by atoms with Crippen LogP contribution in [0.4, 0.5) is 28.9 Å². The van der Waals surface area contributed by atoms with E-state index in [1.165, 1.54) is 24.3 Å². The van der Waals surface area contributed by atoms with Crippen LogP contribution in [0.25, 0.3) is 0 Å². The van der Waals surface area contributed by atoms with Crippen molar-refractivity contribution in [2.24, 2.45) is 0 Å². The van der Waals surface area contributed by atoms with Gasteiger partial charge in [0.1, 0.15) is 11.6 Å². The van der Waals surface area contributed by atoms with E-state index >= 15 is 0 Å². The summed E-state index contributed by atoms with van der Waals surface area (Å²) < 4.78 is 58.8. The topological polar surface area (TPSA) is 29.1 Å². The molecule has 160 valence electrons. The highest BCUT2D eigenvalue weighted by atomic mass is 19.2. The monoisotopic (exact) mass is 427 g/mol. The lowest BCUT2D eigenvalue weighted by Crippen LogP contribution is -2.12. The molecule has 1 fully saturated rings. The lowest BCUT2D eigenvalue weighted by Gasteiger charge is -2.26. The Morgan fingerprint density at radius 2 is 1.74 bits per heavy atom. The maximum atomic E-state index is 14.9. The van der Waals surface area contributed by atoms with Crippen molar-refractivity contribution in [3.05, 3.63) is 93.6 Å². The van der Waals surface area contributed by atoms with Gasteiger partial charge in [0.15, 0.2) is 17.9 Å². The van der Waals surface area contributed by atoms with Crippen molar-refractivity contribution in [1.82, 2.24) is 0 Å². The first-order valence-electron chi connectivity index (χ1n) is 10.2. The van der Waals surface area contributed by atoms with Crippen LogP contribution in [-0.2, 0) is 6.42 Å². The van der Waals surface area contributed by atoms with Crippen LogP contribution in [0.1, 0.15) is 57.8 Å². The molecule has 0 spiro atoms. The summed E-state index contributed by atoms with van der Waals surface area (Å²) in [4.78, 5) is 11.6. The van der Waals surface area contributed by atoms with Gasteiger partial charge in [-0.05, 0) is 66.1 Å². The molecule has 3 aromatic rings. The van der Waals surface area contributed by atoms with Gasteiger partial charge in [0.2, 0.25) is 0 Å². The first kappa shape index (κ1) is 21.1. The van der Waals surface area contributed by atoms with Gasteiger partial charge >= 0.3 is 0 Å². The molecule has 3 aromatic carbocycles. The molecule has 31 heavy (non-hydrogen) atoms. The van der Waals surface area contributed by atoms with Crippen LogP contribution in [0.5, 0.6) is 0 Å². The zero-order valence-electron chi connectivity index (χ0n) is 16.9. The van der Waals surface area contributed by atoms with Gasteiger partial charge in [0.25, 0.3) is 0 Å². The number of carbonyl (C=O) groups excluding carboxylic acids is 1. The van der Waals surface area contributed by atoms with Crippen LogP contribution < -0.4 is 5.32 Å². The van der Waals surface area contributed by atoms with E-state index < -0.39 is 29.0 Å². The Morgan fingerprint density at radius 3 is 2.39 bits per heavy atom. The summed E-state index contributed by atoms with van der Waals surface area (Å²) in [6, 6.07) is 10.4. The van der Waals surface area contributed by atoms with E-state index in [4.69, 9.17) is 0 Å². The minimum atomic E-state index is -1.31. The molecule has 0 bridgehead atoms. The number of aldehydes is 1.